The average molecular weight is 488 g/mol. The SMILES string of the molecule is CCOC(OCC)c1cc2cnc(Nc3cc4c(cc3OC)CCN(C)C4)nc2n1-c1ccccc1. The Hall–Kier alpha value is -3.46. The van der Waals surface area contributed by atoms with Crippen LogP contribution in [0.25, 0.3) is 16.7 Å². The summed E-state index contributed by atoms with van der Waals surface area (Å²) in [6, 6.07) is 16.4. The number of anilines is 2. The van der Waals surface area contributed by atoms with Gasteiger partial charge in [-0.05, 0) is 68.8 Å². The van der Waals surface area contributed by atoms with E-state index in [0.717, 1.165) is 53.4 Å². The molecule has 0 saturated heterocycles. The molecule has 0 fully saturated rings. The molecule has 0 atom stereocenters. The minimum absolute atomic E-state index is 0.496. The van der Waals surface area contributed by atoms with Crippen molar-refractivity contribution in [2.75, 3.05) is 39.2 Å². The Morgan fingerprint density at radius 1 is 1.03 bits per heavy atom. The van der Waals surface area contributed by atoms with E-state index in [1.807, 2.05) is 44.3 Å². The van der Waals surface area contributed by atoms with Gasteiger partial charge in [0.25, 0.3) is 0 Å². The number of likely N-dealkylation sites (N-methyl/N-ethyl adjacent to an activating group) is 1. The number of nitrogens with zero attached hydrogens (tertiary/aromatic N) is 4. The zero-order valence-electron chi connectivity index (χ0n) is 21.3. The van der Waals surface area contributed by atoms with E-state index in [4.69, 9.17) is 19.2 Å². The molecule has 4 aromatic rings. The first-order valence-corrected chi connectivity index (χ1v) is 12.4. The van der Waals surface area contributed by atoms with Crippen molar-refractivity contribution in [1.29, 1.82) is 0 Å². The molecule has 0 spiro atoms. The van der Waals surface area contributed by atoms with E-state index in [2.05, 4.69) is 51.1 Å². The molecule has 8 heteroatoms. The molecule has 2 aromatic heterocycles. The number of ether oxygens (including phenoxy) is 3. The van der Waals surface area contributed by atoms with Crippen molar-refractivity contribution >= 4 is 22.7 Å². The molecule has 0 bridgehead atoms. The Kier molecular flexibility index (Phi) is 7.18. The van der Waals surface area contributed by atoms with Gasteiger partial charge in [0.2, 0.25) is 5.95 Å². The monoisotopic (exact) mass is 487 g/mol. The first-order chi connectivity index (χ1) is 17.6. The van der Waals surface area contributed by atoms with Crippen molar-refractivity contribution in [1.82, 2.24) is 19.4 Å². The average Bonchev–Trinajstić information content (AvgIpc) is 3.27. The highest BCUT2D eigenvalue weighted by Gasteiger charge is 2.22. The van der Waals surface area contributed by atoms with Gasteiger partial charge in [-0.25, -0.2) is 4.98 Å². The molecule has 0 aliphatic carbocycles. The zero-order valence-corrected chi connectivity index (χ0v) is 21.3. The number of hydrogen-bond donors (Lipinski definition) is 1. The summed E-state index contributed by atoms with van der Waals surface area (Å²) in [4.78, 5) is 11.9. The Bertz CT molecular complexity index is 1330. The highest BCUT2D eigenvalue weighted by Crippen LogP contribution is 2.34. The predicted molar refractivity (Wildman–Crippen MR) is 141 cm³/mol. The van der Waals surface area contributed by atoms with Crippen molar-refractivity contribution in [3.63, 3.8) is 0 Å². The largest absolute Gasteiger partial charge is 0.495 e. The van der Waals surface area contributed by atoms with Crippen molar-refractivity contribution in [3.05, 3.63) is 71.5 Å². The lowest BCUT2D eigenvalue weighted by Crippen LogP contribution is -2.26. The van der Waals surface area contributed by atoms with Crippen molar-refractivity contribution in [3.8, 4) is 11.4 Å². The van der Waals surface area contributed by atoms with Gasteiger partial charge in [0, 0.05) is 43.6 Å². The summed E-state index contributed by atoms with van der Waals surface area (Å²) in [5.74, 6) is 1.28. The van der Waals surface area contributed by atoms with E-state index in [1.54, 1.807) is 7.11 Å². The van der Waals surface area contributed by atoms with Gasteiger partial charge in [0.05, 0.1) is 18.5 Å². The smallest absolute Gasteiger partial charge is 0.229 e. The molecule has 0 unspecified atom stereocenters. The zero-order chi connectivity index (χ0) is 25.1. The second kappa shape index (κ2) is 10.7. The third-order valence-corrected chi connectivity index (χ3v) is 6.43. The van der Waals surface area contributed by atoms with Crippen molar-refractivity contribution < 1.29 is 14.2 Å². The van der Waals surface area contributed by atoms with Crippen molar-refractivity contribution in [2.24, 2.45) is 0 Å². The van der Waals surface area contributed by atoms with Crippen LogP contribution in [0.15, 0.2) is 54.7 Å². The van der Waals surface area contributed by atoms with E-state index in [1.165, 1.54) is 11.1 Å². The Morgan fingerprint density at radius 3 is 2.53 bits per heavy atom. The number of hydrogen-bond acceptors (Lipinski definition) is 7. The Balaban J connectivity index is 1.59. The quantitative estimate of drug-likeness (QED) is 0.324. The third-order valence-electron chi connectivity index (χ3n) is 6.43. The van der Waals surface area contributed by atoms with E-state index < -0.39 is 6.29 Å². The number of benzene rings is 2. The number of methoxy groups -OCH3 is 1. The second-order valence-corrected chi connectivity index (χ2v) is 8.89. The molecule has 1 aliphatic rings. The predicted octanol–water partition coefficient (Wildman–Crippen LogP) is 5.23. The minimum atomic E-state index is -0.511. The molecular weight excluding hydrogens is 454 g/mol. The first-order valence-electron chi connectivity index (χ1n) is 12.4. The molecule has 2 aromatic carbocycles. The molecule has 1 aliphatic heterocycles. The molecular formula is C28H33N5O3. The summed E-state index contributed by atoms with van der Waals surface area (Å²) in [6.07, 6.45) is 2.34. The number of nitrogens with one attached hydrogen (secondary N) is 1. The highest BCUT2D eigenvalue weighted by atomic mass is 16.7. The van der Waals surface area contributed by atoms with E-state index in [9.17, 15) is 0 Å². The summed E-state index contributed by atoms with van der Waals surface area (Å²) in [6.45, 7) is 6.95. The molecule has 188 valence electrons. The molecule has 5 rings (SSSR count). The molecule has 0 amide bonds. The summed E-state index contributed by atoms with van der Waals surface area (Å²) < 4.78 is 19.7. The Morgan fingerprint density at radius 2 is 1.81 bits per heavy atom. The minimum Gasteiger partial charge on any atom is -0.495 e. The normalized spacial score (nSPS) is 13.8. The van der Waals surface area contributed by atoms with Crippen LogP contribution >= 0.6 is 0 Å². The maximum absolute atomic E-state index is 5.95. The topological polar surface area (TPSA) is 73.7 Å². The van der Waals surface area contributed by atoms with Crippen LogP contribution in [0.1, 0.15) is 37.0 Å². The lowest BCUT2D eigenvalue weighted by Gasteiger charge is -2.26. The lowest BCUT2D eigenvalue weighted by atomic mass is 9.99. The fourth-order valence-electron chi connectivity index (χ4n) is 4.73. The summed E-state index contributed by atoms with van der Waals surface area (Å²) in [7, 11) is 3.84. The number of para-hydroxylation sites is 1. The molecule has 0 saturated carbocycles. The van der Waals surface area contributed by atoms with Gasteiger partial charge in [-0.2, -0.15) is 4.98 Å². The summed E-state index contributed by atoms with van der Waals surface area (Å²) >= 11 is 0. The summed E-state index contributed by atoms with van der Waals surface area (Å²) in [5, 5.41) is 4.31. The molecule has 36 heavy (non-hydrogen) atoms. The van der Waals surface area contributed by atoms with Gasteiger partial charge in [-0.1, -0.05) is 18.2 Å². The van der Waals surface area contributed by atoms with Crippen LogP contribution in [0, 0.1) is 0 Å². The van der Waals surface area contributed by atoms with Gasteiger partial charge in [-0.15, -0.1) is 0 Å². The lowest BCUT2D eigenvalue weighted by molar-refractivity contribution is -0.143. The molecule has 3 heterocycles. The van der Waals surface area contributed by atoms with Gasteiger partial charge in [-0.3, -0.25) is 4.57 Å². The maximum atomic E-state index is 5.95. The fraction of sp³-hybridized carbons (Fsp3) is 0.357. The van der Waals surface area contributed by atoms with Gasteiger partial charge in [0.15, 0.2) is 11.9 Å². The molecule has 8 nitrogen and oxygen atoms in total. The number of fused-ring (bicyclic) bond motifs is 2. The first kappa shape index (κ1) is 24.2. The van der Waals surface area contributed by atoms with Crippen LogP contribution in [0.4, 0.5) is 11.6 Å². The second-order valence-electron chi connectivity index (χ2n) is 8.89. The van der Waals surface area contributed by atoms with Gasteiger partial charge >= 0.3 is 0 Å². The number of rotatable bonds is 9. The standard InChI is InChI=1S/C28H33N5O3/c1-5-35-27(36-6-2)24-15-20-17-29-28(31-26(20)33(24)22-10-8-7-9-11-22)30-23-14-21-18-32(3)13-12-19(21)16-25(23)34-4/h7-11,14-17,27H,5-6,12-13,18H2,1-4H3,(H,29,30,31). The Labute approximate surface area is 211 Å². The third kappa shape index (κ3) is 4.80. The maximum Gasteiger partial charge on any atom is 0.229 e. The molecule has 0 radical (unpaired) electrons. The van der Waals surface area contributed by atoms with Crippen LogP contribution in [0.3, 0.4) is 0 Å². The van der Waals surface area contributed by atoms with E-state index >= 15 is 0 Å². The summed E-state index contributed by atoms with van der Waals surface area (Å²) in [5.41, 5.74) is 6.10. The van der Waals surface area contributed by atoms with Gasteiger partial charge < -0.3 is 24.4 Å². The highest BCUT2D eigenvalue weighted by molar-refractivity contribution is 5.81. The fourth-order valence-corrected chi connectivity index (χ4v) is 4.73. The van der Waals surface area contributed by atoms with Crippen LogP contribution in [0.5, 0.6) is 5.75 Å². The van der Waals surface area contributed by atoms with Crippen LogP contribution < -0.4 is 10.1 Å². The van der Waals surface area contributed by atoms with Gasteiger partial charge in [0.1, 0.15) is 5.75 Å². The number of aromatic nitrogens is 3. The van der Waals surface area contributed by atoms with Crippen LogP contribution in [-0.2, 0) is 22.4 Å². The van der Waals surface area contributed by atoms with E-state index in [0.29, 0.717) is 19.2 Å². The van der Waals surface area contributed by atoms with Crippen molar-refractivity contribution in [2.45, 2.75) is 33.1 Å². The molecule has 1 N–H and O–H groups in total. The van der Waals surface area contributed by atoms with E-state index in [-0.39, 0.29) is 0 Å². The van der Waals surface area contributed by atoms with Crippen LogP contribution in [-0.4, -0.2) is 53.4 Å². The van der Waals surface area contributed by atoms with Crippen LogP contribution in [0.2, 0.25) is 0 Å².